The molecule has 2 amide bonds. The molecule has 4 fully saturated rings. The van der Waals surface area contributed by atoms with E-state index in [1.165, 1.54) is 55.6 Å². The average molecular weight is 424 g/mol. The largest absolute Gasteiger partial charge is 0.341 e. The van der Waals surface area contributed by atoms with Gasteiger partial charge in [-0.2, -0.15) is 0 Å². The molecule has 0 spiro atoms. The topological polar surface area (TPSA) is 71.1 Å². The Labute approximate surface area is 181 Å². The van der Waals surface area contributed by atoms with Gasteiger partial charge in [0.25, 0.3) is 5.91 Å². The monoisotopic (exact) mass is 423 g/mol. The van der Waals surface area contributed by atoms with Crippen LogP contribution in [-0.4, -0.2) is 22.8 Å². The number of thiazole rings is 1. The number of anilines is 1. The van der Waals surface area contributed by atoms with Crippen LogP contribution >= 0.6 is 11.3 Å². The molecule has 4 aliphatic rings. The molecule has 0 saturated heterocycles. The van der Waals surface area contributed by atoms with Crippen molar-refractivity contribution >= 4 is 28.3 Å². The molecular formula is C24H29N3O2S. The number of carbonyl (C=O) groups is 2. The summed E-state index contributed by atoms with van der Waals surface area (Å²) in [6.07, 6.45) is 8.01. The number of nitrogens with one attached hydrogen (secondary N) is 2. The minimum Gasteiger partial charge on any atom is -0.341 e. The third-order valence-electron chi connectivity index (χ3n) is 7.37. The zero-order valence-electron chi connectivity index (χ0n) is 17.6. The van der Waals surface area contributed by atoms with Gasteiger partial charge in [0, 0.05) is 16.4 Å². The second kappa shape index (κ2) is 7.49. The minimum absolute atomic E-state index is 0.234. The third-order valence-corrected chi connectivity index (χ3v) is 8.13. The smallest absolute Gasteiger partial charge is 0.251 e. The van der Waals surface area contributed by atoms with Crippen molar-refractivity contribution in [3.63, 3.8) is 0 Å². The molecule has 1 heterocycles. The summed E-state index contributed by atoms with van der Waals surface area (Å²) < 4.78 is 0. The average Bonchev–Trinajstić information content (AvgIpc) is 3.17. The van der Waals surface area contributed by atoms with Crippen molar-refractivity contribution in [1.29, 1.82) is 0 Å². The molecule has 158 valence electrons. The van der Waals surface area contributed by atoms with Gasteiger partial charge in [0.05, 0.1) is 5.69 Å². The summed E-state index contributed by atoms with van der Waals surface area (Å²) in [4.78, 5) is 29.9. The molecule has 1 atom stereocenters. The van der Waals surface area contributed by atoms with Crippen LogP contribution in [0.3, 0.4) is 0 Å². The maximum Gasteiger partial charge on any atom is 0.251 e. The van der Waals surface area contributed by atoms with E-state index in [1.54, 1.807) is 19.1 Å². The molecule has 1 aromatic heterocycles. The summed E-state index contributed by atoms with van der Waals surface area (Å²) in [7, 11) is 0. The SMILES string of the molecule is Cc1ccc(C(=O)NC(C)C(=O)Nc2nc(C34CC5CC(CC(C5)C3)C4)cs2)cc1. The van der Waals surface area contributed by atoms with Crippen molar-refractivity contribution < 1.29 is 9.59 Å². The van der Waals surface area contributed by atoms with E-state index in [1.807, 2.05) is 19.1 Å². The Morgan fingerprint density at radius 2 is 1.67 bits per heavy atom. The van der Waals surface area contributed by atoms with Gasteiger partial charge < -0.3 is 10.6 Å². The first-order valence-electron chi connectivity index (χ1n) is 11.0. The standard InChI is InChI=1S/C24H29N3O2S/c1-14-3-5-19(6-4-14)22(29)25-15(2)21(28)27-23-26-20(13-30-23)24-10-16-7-17(11-24)9-18(8-16)12-24/h3-6,13,15-18H,7-12H2,1-2H3,(H,25,29)(H,26,27,28). The number of benzene rings is 1. The van der Waals surface area contributed by atoms with Gasteiger partial charge >= 0.3 is 0 Å². The number of hydrogen-bond donors (Lipinski definition) is 2. The zero-order valence-corrected chi connectivity index (χ0v) is 18.4. The summed E-state index contributed by atoms with van der Waals surface area (Å²) in [6.45, 7) is 3.68. The van der Waals surface area contributed by atoms with Gasteiger partial charge in [0.2, 0.25) is 5.91 Å². The van der Waals surface area contributed by atoms with Gasteiger partial charge in [-0.25, -0.2) is 4.98 Å². The molecule has 2 N–H and O–H groups in total. The van der Waals surface area contributed by atoms with Gasteiger partial charge in [-0.05, 0) is 82.3 Å². The molecule has 6 rings (SSSR count). The highest BCUT2D eigenvalue weighted by Crippen LogP contribution is 2.60. The van der Waals surface area contributed by atoms with Crippen LogP contribution in [0.5, 0.6) is 0 Å². The fraction of sp³-hybridized carbons (Fsp3) is 0.542. The first-order chi connectivity index (χ1) is 14.4. The lowest BCUT2D eigenvalue weighted by Gasteiger charge is -2.56. The Morgan fingerprint density at radius 3 is 2.27 bits per heavy atom. The van der Waals surface area contributed by atoms with Crippen molar-refractivity contribution in [3.05, 3.63) is 46.5 Å². The molecule has 30 heavy (non-hydrogen) atoms. The van der Waals surface area contributed by atoms with Gasteiger partial charge in [-0.3, -0.25) is 9.59 Å². The summed E-state index contributed by atoms with van der Waals surface area (Å²) in [5, 5.41) is 8.48. The van der Waals surface area contributed by atoms with Crippen molar-refractivity contribution in [2.24, 2.45) is 17.8 Å². The van der Waals surface area contributed by atoms with Crippen LogP contribution in [0.1, 0.15) is 67.1 Å². The summed E-state index contributed by atoms with van der Waals surface area (Å²) in [5.41, 5.74) is 3.06. The molecule has 4 saturated carbocycles. The van der Waals surface area contributed by atoms with E-state index in [0.717, 1.165) is 23.3 Å². The highest BCUT2D eigenvalue weighted by atomic mass is 32.1. The van der Waals surface area contributed by atoms with Crippen LogP contribution in [-0.2, 0) is 10.2 Å². The number of aromatic nitrogens is 1. The normalized spacial score (nSPS) is 30.1. The van der Waals surface area contributed by atoms with E-state index in [9.17, 15) is 9.59 Å². The fourth-order valence-corrected chi connectivity index (χ4v) is 7.10. The van der Waals surface area contributed by atoms with Gasteiger partial charge in [0.15, 0.2) is 5.13 Å². The van der Waals surface area contributed by atoms with Gasteiger partial charge in [0.1, 0.15) is 6.04 Å². The van der Waals surface area contributed by atoms with Crippen LogP contribution < -0.4 is 10.6 Å². The van der Waals surface area contributed by atoms with Gasteiger partial charge in [-0.15, -0.1) is 11.3 Å². The Hall–Kier alpha value is -2.21. The first-order valence-corrected chi connectivity index (χ1v) is 11.9. The Morgan fingerprint density at radius 1 is 1.07 bits per heavy atom. The second-order valence-electron chi connectivity index (χ2n) is 9.79. The van der Waals surface area contributed by atoms with E-state index < -0.39 is 6.04 Å². The van der Waals surface area contributed by atoms with E-state index in [2.05, 4.69) is 16.0 Å². The quantitative estimate of drug-likeness (QED) is 0.734. The van der Waals surface area contributed by atoms with Crippen LogP contribution in [0, 0.1) is 24.7 Å². The van der Waals surface area contributed by atoms with Crippen molar-refractivity contribution in [2.75, 3.05) is 5.32 Å². The molecule has 1 aromatic carbocycles. The van der Waals surface area contributed by atoms with Crippen LogP contribution in [0.2, 0.25) is 0 Å². The first kappa shape index (κ1) is 19.7. The highest BCUT2D eigenvalue weighted by molar-refractivity contribution is 7.14. The number of carbonyl (C=O) groups excluding carboxylic acids is 2. The lowest BCUT2D eigenvalue weighted by atomic mass is 9.49. The third kappa shape index (κ3) is 3.66. The summed E-state index contributed by atoms with van der Waals surface area (Å²) in [5.74, 6) is 2.13. The lowest BCUT2D eigenvalue weighted by molar-refractivity contribution is -0.117. The molecule has 0 aliphatic heterocycles. The highest BCUT2D eigenvalue weighted by Gasteiger charge is 2.52. The minimum atomic E-state index is -0.634. The van der Waals surface area contributed by atoms with E-state index in [4.69, 9.17) is 4.98 Å². The Bertz CT molecular complexity index is 930. The van der Waals surface area contributed by atoms with Crippen molar-refractivity contribution in [3.8, 4) is 0 Å². The van der Waals surface area contributed by atoms with Crippen molar-refractivity contribution in [1.82, 2.24) is 10.3 Å². The second-order valence-corrected chi connectivity index (χ2v) is 10.6. The number of amides is 2. The molecule has 1 unspecified atom stereocenters. The number of hydrogen-bond acceptors (Lipinski definition) is 4. The molecule has 4 aliphatic carbocycles. The van der Waals surface area contributed by atoms with Crippen LogP contribution in [0.25, 0.3) is 0 Å². The number of rotatable bonds is 5. The molecule has 2 aromatic rings. The molecule has 4 bridgehead atoms. The molecule has 5 nitrogen and oxygen atoms in total. The zero-order chi connectivity index (χ0) is 20.9. The predicted octanol–water partition coefficient (Wildman–Crippen LogP) is 4.68. The fourth-order valence-electron chi connectivity index (χ4n) is 6.26. The Balaban J connectivity index is 1.22. The van der Waals surface area contributed by atoms with Crippen LogP contribution in [0.4, 0.5) is 5.13 Å². The van der Waals surface area contributed by atoms with Gasteiger partial charge in [-0.1, -0.05) is 17.7 Å². The Kier molecular flexibility index (Phi) is 4.92. The molecule has 6 heteroatoms. The maximum atomic E-state index is 12.6. The van der Waals surface area contributed by atoms with E-state index in [0.29, 0.717) is 10.7 Å². The van der Waals surface area contributed by atoms with Crippen LogP contribution in [0.15, 0.2) is 29.6 Å². The maximum absolute atomic E-state index is 12.6. The lowest BCUT2D eigenvalue weighted by Crippen LogP contribution is -2.48. The van der Waals surface area contributed by atoms with E-state index >= 15 is 0 Å². The molecule has 0 radical (unpaired) electrons. The predicted molar refractivity (Wildman–Crippen MR) is 119 cm³/mol. The molecular weight excluding hydrogens is 394 g/mol. The van der Waals surface area contributed by atoms with E-state index in [-0.39, 0.29) is 17.2 Å². The summed E-state index contributed by atoms with van der Waals surface area (Å²) in [6, 6.07) is 6.69. The summed E-state index contributed by atoms with van der Waals surface area (Å²) >= 11 is 1.51. The number of nitrogens with zero attached hydrogens (tertiary/aromatic N) is 1. The number of aryl methyl sites for hydroxylation is 1. The van der Waals surface area contributed by atoms with Crippen molar-refractivity contribution in [2.45, 2.75) is 63.8 Å².